The van der Waals surface area contributed by atoms with Gasteiger partial charge in [-0.1, -0.05) is 0 Å². The van der Waals surface area contributed by atoms with E-state index >= 15 is 0 Å². The SMILES string of the molecule is COCC1CCCN(C(=O)C2CC(=O)N(c3ccc(F)c(C)c3)C2)C1. The number of aryl methyl sites for hydroxylation is 1. The van der Waals surface area contributed by atoms with Gasteiger partial charge in [0.05, 0.1) is 12.5 Å². The summed E-state index contributed by atoms with van der Waals surface area (Å²) >= 11 is 0. The molecule has 0 bridgehead atoms. The number of hydrogen-bond acceptors (Lipinski definition) is 3. The van der Waals surface area contributed by atoms with Gasteiger partial charge >= 0.3 is 0 Å². The van der Waals surface area contributed by atoms with Crippen molar-refractivity contribution in [1.82, 2.24) is 4.90 Å². The van der Waals surface area contributed by atoms with Crippen LogP contribution in [0.15, 0.2) is 18.2 Å². The first-order valence-electron chi connectivity index (χ1n) is 8.84. The first-order chi connectivity index (χ1) is 12.0. The normalized spacial score (nSPS) is 24.0. The number of halogens is 1. The van der Waals surface area contributed by atoms with Crippen molar-refractivity contribution in [1.29, 1.82) is 0 Å². The molecule has 0 saturated carbocycles. The van der Waals surface area contributed by atoms with Crippen molar-refractivity contribution >= 4 is 17.5 Å². The standard InChI is InChI=1S/C19H25FN2O3/c1-13-8-16(5-6-17(13)20)22-11-15(9-18(22)23)19(24)21-7-3-4-14(10-21)12-25-2/h5-6,8,14-15H,3-4,7,9-12H2,1-2H3. The van der Waals surface area contributed by atoms with E-state index in [1.54, 1.807) is 31.1 Å². The number of nitrogens with zero attached hydrogens (tertiary/aromatic N) is 2. The largest absolute Gasteiger partial charge is 0.384 e. The van der Waals surface area contributed by atoms with E-state index in [9.17, 15) is 14.0 Å². The molecule has 2 heterocycles. The van der Waals surface area contributed by atoms with Crippen molar-refractivity contribution in [3.05, 3.63) is 29.6 Å². The topological polar surface area (TPSA) is 49.9 Å². The fourth-order valence-electron chi connectivity index (χ4n) is 3.81. The van der Waals surface area contributed by atoms with Gasteiger partial charge in [-0.3, -0.25) is 9.59 Å². The summed E-state index contributed by atoms with van der Waals surface area (Å²) in [6.45, 7) is 4.15. The van der Waals surface area contributed by atoms with Crippen molar-refractivity contribution < 1.29 is 18.7 Å². The summed E-state index contributed by atoms with van der Waals surface area (Å²) in [4.78, 5) is 28.7. The van der Waals surface area contributed by atoms with Crippen molar-refractivity contribution in [2.24, 2.45) is 11.8 Å². The van der Waals surface area contributed by atoms with Crippen LogP contribution in [0.3, 0.4) is 0 Å². The van der Waals surface area contributed by atoms with Gasteiger partial charge < -0.3 is 14.5 Å². The lowest BCUT2D eigenvalue weighted by molar-refractivity contribution is -0.138. The minimum absolute atomic E-state index is 0.0514. The Morgan fingerprint density at radius 1 is 1.36 bits per heavy atom. The Hall–Kier alpha value is -1.95. The van der Waals surface area contributed by atoms with Crippen LogP contribution >= 0.6 is 0 Å². The molecule has 0 radical (unpaired) electrons. The maximum absolute atomic E-state index is 13.5. The zero-order valence-corrected chi connectivity index (χ0v) is 14.8. The third-order valence-corrected chi connectivity index (χ3v) is 5.16. The smallest absolute Gasteiger partial charge is 0.228 e. The molecule has 6 heteroatoms. The van der Waals surface area contributed by atoms with E-state index in [2.05, 4.69) is 0 Å². The Balaban J connectivity index is 1.67. The number of ether oxygens (including phenoxy) is 1. The lowest BCUT2D eigenvalue weighted by Crippen LogP contribution is -2.44. The summed E-state index contributed by atoms with van der Waals surface area (Å²) in [6, 6.07) is 4.63. The molecular weight excluding hydrogens is 323 g/mol. The molecule has 1 aromatic rings. The van der Waals surface area contributed by atoms with Crippen LogP contribution in [0, 0.1) is 24.6 Å². The Morgan fingerprint density at radius 3 is 2.88 bits per heavy atom. The van der Waals surface area contributed by atoms with Gasteiger partial charge in [0.1, 0.15) is 5.82 Å². The van der Waals surface area contributed by atoms with Crippen LogP contribution in [0.4, 0.5) is 10.1 Å². The van der Waals surface area contributed by atoms with Crippen LogP contribution in [0.25, 0.3) is 0 Å². The molecule has 2 aliphatic heterocycles. The molecule has 2 fully saturated rings. The maximum Gasteiger partial charge on any atom is 0.228 e. The number of carbonyl (C=O) groups is 2. The number of anilines is 1. The quantitative estimate of drug-likeness (QED) is 0.839. The van der Waals surface area contributed by atoms with Crippen LogP contribution in [0.5, 0.6) is 0 Å². The first-order valence-corrected chi connectivity index (χ1v) is 8.84. The van der Waals surface area contributed by atoms with Crippen LogP contribution in [-0.2, 0) is 14.3 Å². The number of hydrogen-bond donors (Lipinski definition) is 0. The van der Waals surface area contributed by atoms with E-state index in [-0.39, 0.29) is 30.0 Å². The van der Waals surface area contributed by atoms with Crippen molar-refractivity contribution in [2.45, 2.75) is 26.2 Å². The van der Waals surface area contributed by atoms with Crippen LogP contribution in [0.1, 0.15) is 24.8 Å². The third kappa shape index (κ3) is 3.84. The Morgan fingerprint density at radius 2 is 2.16 bits per heavy atom. The van der Waals surface area contributed by atoms with E-state index < -0.39 is 0 Å². The fourth-order valence-corrected chi connectivity index (χ4v) is 3.81. The van der Waals surface area contributed by atoms with Crippen molar-refractivity contribution in [3.8, 4) is 0 Å². The highest BCUT2D eigenvalue weighted by atomic mass is 19.1. The average Bonchev–Trinajstić information content (AvgIpc) is 2.99. The predicted octanol–water partition coefficient (Wildman–Crippen LogP) is 2.37. The number of benzene rings is 1. The second-order valence-electron chi connectivity index (χ2n) is 7.09. The molecule has 0 N–H and O–H groups in total. The summed E-state index contributed by atoms with van der Waals surface area (Å²) in [5, 5.41) is 0. The second kappa shape index (κ2) is 7.52. The highest BCUT2D eigenvalue weighted by molar-refractivity contribution is 6.00. The third-order valence-electron chi connectivity index (χ3n) is 5.16. The van der Waals surface area contributed by atoms with Crippen molar-refractivity contribution in [2.75, 3.05) is 38.3 Å². The maximum atomic E-state index is 13.5. The minimum Gasteiger partial charge on any atom is -0.384 e. The van der Waals surface area contributed by atoms with Crippen molar-refractivity contribution in [3.63, 3.8) is 0 Å². The molecule has 0 aromatic heterocycles. The van der Waals surface area contributed by atoms with Crippen LogP contribution in [-0.4, -0.2) is 50.1 Å². The predicted molar refractivity (Wildman–Crippen MR) is 92.8 cm³/mol. The van der Waals surface area contributed by atoms with Crippen LogP contribution in [0.2, 0.25) is 0 Å². The van der Waals surface area contributed by atoms with Gasteiger partial charge in [-0.2, -0.15) is 0 Å². The van der Waals surface area contributed by atoms with Gasteiger partial charge in [-0.15, -0.1) is 0 Å². The van der Waals surface area contributed by atoms with E-state index in [0.717, 1.165) is 19.4 Å². The molecular formula is C19H25FN2O3. The lowest BCUT2D eigenvalue weighted by atomic mass is 9.97. The highest BCUT2D eigenvalue weighted by Gasteiger charge is 2.38. The summed E-state index contributed by atoms with van der Waals surface area (Å²) in [5.74, 6) is -0.263. The molecule has 2 unspecified atom stereocenters. The highest BCUT2D eigenvalue weighted by Crippen LogP contribution is 2.29. The van der Waals surface area contributed by atoms with Gasteiger partial charge in [0.25, 0.3) is 0 Å². The molecule has 1 aromatic carbocycles. The fraction of sp³-hybridized carbons (Fsp3) is 0.579. The summed E-state index contributed by atoms with van der Waals surface area (Å²) < 4.78 is 18.7. The molecule has 2 saturated heterocycles. The molecule has 2 aliphatic rings. The molecule has 2 atom stereocenters. The van der Waals surface area contributed by atoms with E-state index in [0.29, 0.717) is 36.9 Å². The molecule has 25 heavy (non-hydrogen) atoms. The Bertz CT molecular complexity index is 662. The van der Waals surface area contributed by atoms with Gasteiger partial charge in [-0.05, 0) is 49.4 Å². The molecule has 3 rings (SSSR count). The molecule has 0 spiro atoms. The van der Waals surface area contributed by atoms with Gasteiger partial charge in [0, 0.05) is 38.9 Å². The zero-order chi connectivity index (χ0) is 18.0. The molecule has 136 valence electrons. The molecule has 5 nitrogen and oxygen atoms in total. The van der Waals surface area contributed by atoms with Crippen LogP contribution < -0.4 is 4.90 Å². The van der Waals surface area contributed by atoms with E-state index in [4.69, 9.17) is 4.74 Å². The first kappa shape index (κ1) is 17.9. The molecule has 2 amide bonds. The lowest BCUT2D eigenvalue weighted by Gasteiger charge is -2.34. The zero-order valence-electron chi connectivity index (χ0n) is 14.8. The number of piperidine rings is 1. The number of likely N-dealkylation sites (tertiary alicyclic amines) is 1. The number of rotatable bonds is 4. The second-order valence-corrected chi connectivity index (χ2v) is 7.09. The minimum atomic E-state index is -0.320. The van der Waals surface area contributed by atoms with E-state index in [1.807, 2.05) is 4.90 Å². The number of amides is 2. The monoisotopic (exact) mass is 348 g/mol. The summed E-state index contributed by atoms with van der Waals surface area (Å²) in [7, 11) is 1.68. The average molecular weight is 348 g/mol. The van der Waals surface area contributed by atoms with Gasteiger partial charge in [0.15, 0.2) is 0 Å². The van der Waals surface area contributed by atoms with E-state index in [1.165, 1.54) is 6.07 Å². The number of methoxy groups -OCH3 is 1. The van der Waals surface area contributed by atoms with Gasteiger partial charge in [0.2, 0.25) is 11.8 Å². The Labute approximate surface area is 147 Å². The number of carbonyl (C=O) groups excluding carboxylic acids is 2. The Kier molecular flexibility index (Phi) is 5.37. The summed E-state index contributed by atoms with van der Waals surface area (Å²) in [5.41, 5.74) is 1.16. The molecule has 0 aliphatic carbocycles. The summed E-state index contributed by atoms with van der Waals surface area (Å²) in [6.07, 6.45) is 2.27. The van der Waals surface area contributed by atoms with Gasteiger partial charge in [-0.25, -0.2) is 4.39 Å².